The van der Waals surface area contributed by atoms with E-state index < -0.39 is 5.91 Å². The van der Waals surface area contributed by atoms with E-state index in [0.29, 0.717) is 30.0 Å². The van der Waals surface area contributed by atoms with Crippen molar-refractivity contribution >= 4 is 11.8 Å². The van der Waals surface area contributed by atoms with Crippen LogP contribution >= 0.6 is 0 Å². The Morgan fingerprint density at radius 3 is 2.29 bits per heavy atom. The minimum atomic E-state index is -0.420. The standard InChI is InChI=1S/C23H27N5O3/c1-15-12-20(17(3)28(15)21-13-16(2)31-25-21)23(30)27-10-8-26(9-11-27)14-18-4-6-19(7-5-18)22(24)29/h4-7,12-13H,8-11,14H2,1-3H3,(H2,24,29). The van der Waals surface area contributed by atoms with E-state index in [0.717, 1.165) is 42.3 Å². The van der Waals surface area contributed by atoms with Gasteiger partial charge in [-0.05, 0) is 44.5 Å². The van der Waals surface area contributed by atoms with Crippen molar-refractivity contribution in [1.82, 2.24) is 19.5 Å². The van der Waals surface area contributed by atoms with Gasteiger partial charge in [-0.1, -0.05) is 17.3 Å². The number of carbonyl (C=O) groups is 2. The number of carbonyl (C=O) groups excluding carboxylic acids is 2. The van der Waals surface area contributed by atoms with E-state index in [4.69, 9.17) is 10.3 Å². The molecule has 3 heterocycles. The third kappa shape index (κ3) is 4.25. The number of benzene rings is 1. The van der Waals surface area contributed by atoms with E-state index in [1.54, 1.807) is 12.1 Å². The van der Waals surface area contributed by atoms with Crippen molar-refractivity contribution in [2.24, 2.45) is 5.73 Å². The predicted octanol–water partition coefficient (Wildman–Crippen LogP) is 2.45. The van der Waals surface area contributed by atoms with Crippen LogP contribution in [0.1, 0.15) is 43.4 Å². The van der Waals surface area contributed by atoms with Crippen molar-refractivity contribution in [3.8, 4) is 5.82 Å². The SMILES string of the molecule is Cc1cc(-n2c(C)cc(C(=O)N3CCN(Cc4ccc(C(N)=O)cc4)CC3)c2C)no1. The van der Waals surface area contributed by atoms with Gasteiger partial charge in [-0.3, -0.25) is 19.1 Å². The molecule has 162 valence electrons. The summed E-state index contributed by atoms with van der Waals surface area (Å²) >= 11 is 0. The van der Waals surface area contributed by atoms with Crippen molar-refractivity contribution < 1.29 is 14.1 Å². The van der Waals surface area contributed by atoms with Gasteiger partial charge in [0.05, 0.1) is 5.56 Å². The Bertz CT molecular complexity index is 1100. The van der Waals surface area contributed by atoms with Crippen LogP contribution in [0.15, 0.2) is 40.9 Å². The maximum atomic E-state index is 13.2. The quantitative estimate of drug-likeness (QED) is 0.682. The van der Waals surface area contributed by atoms with Crippen molar-refractivity contribution in [2.75, 3.05) is 26.2 Å². The number of aromatic nitrogens is 2. The Hall–Kier alpha value is -3.39. The molecule has 1 fully saturated rings. The zero-order valence-electron chi connectivity index (χ0n) is 18.1. The Kier molecular flexibility index (Phi) is 5.65. The number of nitrogens with two attached hydrogens (primary N) is 1. The van der Waals surface area contributed by atoms with Gasteiger partial charge in [0.1, 0.15) is 5.76 Å². The first-order valence-electron chi connectivity index (χ1n) is 10.4. The molecule has 0 bridgehead atoms. The van der Waals surface area contributed by atoms with Crippen LogP contribution in [0.25, 0.3) is 5.82 Å². The summed E-state index contributed by atoms with van der Waals surface area (Å²) in [5, 5.41) is 4.09. The van der Waals surface area contributed by atoms with Crippen molar-refractivity contribution in [3.63, 3.8) is 0 Å². The Labute approximate surface area is 181 Å². The smallest absolute Gasteiger partial charge is 0.255 e. The minimum absolute atomic E-state index is 0.0463. The number of hydrogen-bond donors (Lipinski definition) is 1. The van der Waals surface area contributed by atoms with Gasteiger partial charge in [0.25, 0.3) is 5.91 Å². The van der Waals surface area contributed by atoms with E-state index in [1.165, 1.54) is 0 Å². The molecule has 1 aromatic carbocycles. The average Bonchev–Trinajstić information content (AvgIpc) is 3.30. The molecule has 0 radical (unpaired) electrons. The third-order valence-electron chi connectivity index (χ3n) is 5.81. The summed E-state index contributed by atoms with van der Waals surface area (Å²) in [5.74, 6) is 1.05. The molecule has 0 spiro atoms. The van der Waals surface area contributed by atoms with E-state index in [9.17, 15) is 9.59 Å². The van der Waals surface area contributed by atoms with Gasteiger partial charge in [-0.25, -0.2) is 0 Å². The van der Waals surface area contributed by atoms with E-state index in [1.807, 2.05) is 54.5 Å². The van der Waals surface area contributed by atoms with Crippen LogP contribution in [0.3, 0.4) is 0 Å². The molecule has 31 heavy (non-hydrogen) atoms. The molecule has 8 heteroatoms. The number of piperazine rings is 1. The van der Waals surface area contributed by atoms with Crippen LogP contribution in [-0.4, -0.2) is 57.5 Å². The van der Waals surface area contributed by atoms with Gasteiger partial charge in [0, 0.05) is 55.7 Å². The maximum absolute atomic E-state index is 13.2. The molecule has 0 aliphatic carbocycles. The molecule has 2 amide bonds. The second-order valence-electron chi connectivity index (χ2n) is 8.05. The van der Waals surface area contributed by atoms with Crippen LogP contribution in [0.4, 0.5) is 0 Å². The molecule has 0 saturated carbocycles. The predicted molar refractivity (Wildman–Crippen MR) is 116 cm³/mol. The summed E-state index contributed by atoms with van der Waals surface area (Å²) in [6, 6.07) is 11.2. The number of rotatable bonds is 5. The second kappa shape index (κ2) is 8.39. The fraction of sp³-hybridized carbons (Fsp3) is 0.348. The lowest BCUT2D eigenvalue weighted by molar-refractivity contribution is 0.0627. The van der Waals surface area contributed by atoms with E-state index >= 15 is 0 Å². The summed E-state index contributed by atoms with van der Waals surface area (Å²) < 4.78 is 7.15. The summed E-state index contributed by atoms with van der Waals surface area (Å²) in [7, 11) is 0. The number of hydrogen-bond acceptors (Lipinski definition) is 5. The lowest BCUT2D eigenvalue weighted by Crippen LogP contribution is -2.48. The lowest BCUT2D eigenvalue weighted by Gasteiger charge is -2.34. The molecule has 4 rings (SSSR count). The monoisotopic (exact) mass is 421 g/mol. The van der Waals surface area contributed by atoms with Crippen LogP contribution in [0.2, 0.25) is 0 Å². The maximum Gasteiger partial charge on any atom is 0.255 e. The first-order chi connectivity index (χ1) is 14.8. The average molecular weight is 422 g/mol. The first kappa shape index (κ1) is 20.9. The normalized spacial score (nSPS) is 14.7. The van der Waals surface area contributed by atoms with Gasteiger partial charge in [-0.15, -0.1) is 0 Å². The molecule has 2 N–H and O–H groups in total. The van der Waals surface area contributed by atoms with Gasteiger partial charge in [0.15, 0.2) is 5.82 Å². The molecule has 1 aliphatic heterocycles. The molecule has 3 aromatic rings. The van der Waals surface area contributed by atoms with Crippen LogP contribution in [-0.2, 0) is 6.54 Å². The Morgan fingerprint density at radius 2 is 1.71 bits per heavy atom. The third-order valence-corrected chi connectivity index (χ3v) is 5.81. The van der Waals surface area contributed by atoms with E-state index in [-0.39, 0.29) is 5.91 Å². The number of nitrogens with zero attached hydrogens (tertiary/aromatic N) is 4. The highest BCUT2D eigenvalue weighted by Crippen LogP contribution is 2.22. The highest BCUT2D eigenvalue weighted by molar-refractivity contribution is 5.96. The topological polar surface area (TPSA) is 97.6 Å². The van der Waals surface area contributed by atoms with Gasteiger partial charge in [-0.2, -0.15) is 0 Å². The van der Waals surface area contributed by atoms with Crippen LogP contribution in [0, 0.1) is 20.8 Å². The van der Waals surface area contributed by atoms with Crippen molar-refractivity contribution in [1.29, 1.82) is 0 Å². The molecule has 1 saturated heterocycles. The second-order valence-corrected chi connectivity index (χ2v) is 8.05. The molecule has 0 atom stereocenters. The molecule has 1 aliphatic rings. The zero-order valence-corrected chi connectivity index (χ0v) is 18.1. The zero-order chi connectivity index (χ0) is 22.1. The van der Waals surface area contributed by atoms with Gasteiger partial charge < -0.3 is 15.2 Å². The Morgan fingerprint density at radius 1 is 1.03 bits per heavy atom. The number of aryl methyl sites for hydroxylation is 2. The lowest BCUT2D eigenvalue weighted by atomic mass is 10.1. The first-order valence-corrected chi connectivity index (χ1v) is 10.4. The van der Waals surface area contributed by atoms with Crippen LogP contribution in [0.5, 0.6) is 0 Å². The summed E-state index contributed by atoms with van der Waals surface area (Å²) in [4.78, 5) is 28.6. The Balaban J connectivity index is 1.40. The van der Waals surface area contributed by atoms with Crippen LogP contribution < -0.4 is 5.73 Å². The molecular weight excluding hydrogens is 394 g/mol. The number of amides is 2. The summed E-state index contributed by atoms with van der Waals surface area (Å²) in [5.41, 5.74) is 9.45. The number of primary amides is 1. The molecule has 2 aromatic heterocycles. The van der Waals surface area contributed by atoms with Crippen molar-refractivity contribution in [2.45, 2.75) is 27.3 Å². The highest BCUT2D eigenvalue weighted by Gasteiger charge is 2.26. The fourth-order valence-electron chi connectivity index (χ4n) is 4.10. The van der Waals surface area contributed by atoms with Gasteiger partial charge >= 0.3 is 0 Å². The molecular formula is C23H27N5O3. The summed E-state index contributed by atoms with van der Waals surface area (Å²) in [6.45, 7) is 9.47. The highest BCUT2D eigenvalue weighted by atomic mass is 16.5. The fourth-order valence-corrected chi connectivity index (χ4v) is 4.10. The minimum Gasteiger partial charge on any atom is -0.366 e. The molecule has 8 nitrogen and oxygen atoms in total. The summed E-state index contributed by atoms with van der Waals surface area (Å²) in [6.07, 6.45) is 0. The van der Waals surface area contributed by atoms with Crippen molar-refractivity contribution in [3.05, 3.63) is 70.2 Å². The molecule has 0 unspecified atom stereocenters. The van der Waals surface area contributed by atoms with Gasteiger partial charge in [0.2, 0.25) is 5.91 Å². The largest absolute Gasteiger partial charge is 0.366 e. The van der Waals surface area contributed by atoms with E-state index in [2.05, 4.69) is 10.1 Å².